The van der Waals surface area contributed by atoms with Crippen LogP contribution in [0.15, 0.2) is 85.5 Å². The Kier molecular flexibility index (Phi) is 4.12. The topological polar surface area (TPSA) is 63.6 Å². The summed E-state index contributed by atoms with van der Waals surface area (Å²) >= 11 is 0. The Bertz CT molecular complexity index is 954. The van der Waals surface area contributed by atoms with E-state index in [1.807, 2.05) is 54.7 Å². The zero-order valence-corrected chi connectivity index (χ0v) is 13.4. The Morgan fingerprint density at radius 1 is 0.600 bits per heavy atom. The highest BCUT2D eigenvalue weighted by atomic mass is 15.1. The highest BCUT2D eigenvalue weighted by molar-refractivity contribution is 5.65. The zero-order chi connectivity index (χ0) is 16.9. The average Bonchev–Trinajstić information content (AvgIpc) is 2.70. The van der Waals surface area contributed by atoms with E-state index in [2.05, 4.69) is 37.4 Å². The summed E-state index contributed by atoms with van der Waals surface area (Å²) in [5.74, 6) is 1.45. The van der Waals surface area contributed by atoms with Crippen LogP contribution in [0.5, 0.6) is 0 Å². The molecule has 0 radical (unpaired) electrons. The Balaban J connectivity index is 1.55. The lowest BCUT2D eigenvalue weighted by Gasteiger charge is -2.07. The molecule has 5 heteroatoms. The Morgan fingerprint density at radius 2 is 1.52 bits per heavy atom. The maximum Gasteiger partial charge on any atom is 0.132 e. The fraction of sp³-hybridized carbons (Fsp3) is 0. The number of aromatic nitrogens is 4. The predicted molar refractivity (Wildman–Crippen MR) is 98.2 cm³/mol. The molecule has 4 aromatic rings. The SMILES string of the molecule is c1ccc(-c2ccc(Nc3cccc(-c4cnccn4)n3)nc2)cc1. The fourth-order valence-corrected chi connectivity index (χ4v) is 2.48. The van der Waals surface area contributed by atoms with E-state index in [0.29, 0.717) is 5.82 Å². The standard InChI is InChI=1S/C20H15N5/c1-2-5-15(6-3-1)16-9-10-19(23-13-16)25-20-8-4-7-17(24-20)18-14-21-11-12-22-18/h1-14H,(H,23,24,25). The van der Waals surface area contributed by atoms with Crippen LogP contribution in [0, 0.1) is 0 Å². The lowest BCUT2D eigenvalue weighted by Crippen LogP contribution is -1.97. The fourth-order valence-electron chi connectivity index (χ4n) is 2.48. The molecule has 4 rings (SSSR count). The molecule has 0 aliphatic carbocycles. The van der Waals surface area contributed by atoms with Gasteiger partial charge in [0.2, 0.25) is 0 Å². The van der Waals surface area contributed by atoms with Crippen molar-refractivity contribution in [3.8, 4) is 22.5 Å². The molecule has 0 aliphatic rings. The van der Waals surface area contributed by atoms with Crippen LogP contribution in [0.1, 0.15) is 0 Å². The second kappa shape index (κ2) is 6.88. The molecule has 3 aromatic heterocycles. The number of rotatable bonds is 4. The zero-order valence-electron chi connectivity index (χ0n) is 13.4. The van der Waals surface area contributed by atoms with Gasteiger partial charge in [-0.05, 0) is 29.8 Å². The number of pyridine rings is 2. The van der Waals surface area contributed by atoms with Crippen LogP contribution in [0.25, 0.3) is 22.5 Å². The van der Waals surface area contributed by atoms with Crippen molar-refractivity contribution in [3.05, 3.63) is 85.5 Å². The molecule has 3 heterocycles. The van der Waals surface area contributed by atoms with Gasteiger partial charge in [0.15, 0.2) is 0 Å². The quantitative estimate of drug-likeness (QED) is 0.604. The first-order chi connectivity index (χ1) is 12.4. The van der Waals surface area contributed by atoms with Gasteiger partial charge in [-0.15, -0.1) is 0 Å². The summed E-state index contributed by atoms with van der Waals surface area (Å²) in [5.41, 5.74) is 3.72. The number of nitrogens with one attached hydrogen (secondary N) is 1. The summed E-state index contributed by atoms with van der Waals surface area (Å²) in [6.07, 6.45) is 6.84. The third-order valence-electron chi connectivity index (χ3n) is 3.70. The molecule has 120 valence electrons. The van der Waals surface area contributed by atoms with E-state index in [1.165, 1.54) is 0 Å². The Morgan fingerprint density at radius 3 is 2.28 bits per heavy atom. The molecule has 0 bridgehead atoms. The highest BCUT2D eigenvalue weighted by Gasteiger charge is 2.04. The van der Waals surface area contributed by atoms with Gasteiger partial charge in [0.1, 0.15) is 17.3 Å². The van der Waals surface area contributed by atoms with Crippen LogP contribution in [-0.4, -0.2) is 19.9 Å². The molecule has 0 aliphatic heterocycles. The van der Waals surface area contributed by atoms with Gasteiger partial charge in [0, 0.05) is 24.2 Å². The van der Waals surface area contributed by atoms with Crippen molar-refractivity contribution in [3.63, 3.8) is 0 Å². The second-order valence-corrected chi connectivity index (χ2v) is 5.42. The molecule has 0 saturated carbocycles. The maximum atomic E-state index is 4.57. The summed E-state index contributed by atoms with van der Waals surface area (Å²) < 4.78 is 0. The summed E-state index contributed by atoms with van der Waals surface area (Å²) in [4.78, 5) is 17.4. The summed E-state index contributed by atoms with van der Waals surface area (Å²) in [6.45, 7) is 0. The summed E-state index contributed by atoms with van der Waals surface area (Å²) in [6, 6.07) is 19.9. The Hall–Kier alpha value is -3.60. The molecule has 0 saturated heterocycles. The first-order valence-electron chi connectivity index (χ1n) is 7.90. The summed E-state index contributed by atoms with van der Waals surface area (Å²) in [7, 11) is 0. The molecule has 0 fully saturated rings. The molecule has 0 amide bonds. The number of hydrogen-bond donors (Lipinski definition) is 1. The van der Waals surface area contributed by atoms with Crippen molar-refractivity contribution in [2.24, 2.45) is 0 Å². The molecule has 5 nitrogen and oxygen atoms in total. The maximum absolute atomic E-state index is 4.57. The van der Waals surface area contributed by atoms with Crippen molar-refractivity contribution in [2.45, 2.75) is 0 Å². The monoisotopic (exact) mass is 325 g/mol. The van der Waals surface area contributed by atoms with Gasteiger partial charge in [-0.1, -0.05) is 36.4 Å². The normalized spacial score (nSPS) is 10.4. The average molecular weight is 325 g/mol. The molecule has 1 N–H and O–H groups in total. The van der Waals surface area contributed by atoms with E-state index in [4.69, 9.17) is 0 Å². The number of nitrogens with zero attached hydrogens (tertiary/aromatic N) is 4. The predicted octanol–water partition coefficient (Wildman–Crippen LogP) is 4.34. The van der Waals surface area contributed by atoms with Crippen molar-refractivity contribution in [2.75, 3.05) is 5.32 Å². The molecular weight excluding hydrogens is 310 g/mol. The molecule has 1 aromatic carbocycles. The lowest BCUT2D eigenvalue weighted by molar-refractivity contribution is 1.17. The van der Waals surface area contributed by atoms with E-state index < -0.39 is 0 Å². The van der Waals surface area contributed by atoms with Gasteiger partial charge in [0.25, 0.3) is 0 Å². The first kappa shape index (κ1) is 15.0. The molecule has 0 atom stereocenters. The van der Waals surface area contributed by atoms with E-state index in [-0.39, 0.29) is 0 Å². The van der Waals surface area contributed by atoms with Crippen LogP contribution >= 0.6 is 0 Å². The molecule has 0 spiro atoms. The third kappa shape index (κ3) is 3.50. The van der Waals surface area contributed by atoms with E-state index in [9.17, 15) is 0 Å². The van der Waals surface area contributed by atoms with Crippen molar-refractivity contribution in [1.82, 2.24) is 19.9 Å². The minimum atomic E-state index is 0.711. The van der Waals surface area contributed by atoms with Crippen molar-refractivity contribution >= 4 is 11.6 Å². The highest BCUT2D eigenvalue weighted by Crippen LogP contribution is 2.21. The largest absolute Gasteiger partial charge is 0.325 e. The number of anilines is 2. The number of benzene rings is 1. The van der Waals surface area contributed by atoms with Gasteiger partial charge in [-0.2, -0.15) is 0 Å². The van der Waals surface area contributed by atoms with E-state index >= 15 is 0 Å². The van der Waals surface area contributed by atoms with Crippen LogP contribution in [0.3, 0.4) is 0 Å². The first-order valence-corrected chi connectivity index (χ1v) is 7.90. The van der Waals surface area contributed by atoms with Gasteiger partial charge in [-0.3, -0.25) is 9.97 Å². The van der Waals surface area contributed by atoms with Gasteiger partial charge < -0.3 is 5.32 Å². The minimum absolute atomic E-state index is 0.711. The smallest absolute Gasteiger partial charge is 0.132 e. The molecule has 0 unspecified atom stereocenters. The van der Waals surface area contributed by atoms with Crippen molar-refractivity contribution < 1.29 is 0 Å². The van der Waals surface area contributed by atoms with E-state index in [0.717, 1.165) is 28.3 Å². The van der Waals surface area contributed by atoms with Gasteiger partial charge in [-0.25, -0.2) is 9.97 Å². The van der Waals surface area contributed by atoms with Crippen molar-refractivity contribution in [1.29, 1.82) is 0 Å². The van der Waals surface area contributed by atoms with Crippen LogP contribution in [-0.2, 0) is 0 Å². The van der Waals surface area contributed by atoms with Gasteiger partial charge in [0.05, 0.1) is 11.9 Å². The van der Waals surface area contributed by atoms with Gasteiger partial charge >= 0.3 is 0 Å². The van der Waals surface area contributed by atoms with Crippen LogP contribution < -0.4 is 5.32 Å². The molecular formula is C20H15N5. The number of hydrogen-bond acceptors (Lipinski definition) is 5. The van der Waals surface area contributed by atoms with Crippen LogP contribution in [0.2, 0.25) is 0 Å². The van der Waals surface area contributed by atoms with E-state index in [1.54, 1.807) is 18.6 Å². The minimum Gasteiger partial charge on any atom is -0.325 e. The third-order valence-corrected chi connectivity index (χ3v) is 3.70. The second-order valence-electron chi connectivity index (χ2n) is 5.42. The van der Waals surface area contributed by atoms with Crippen LogP contribution in [0.4, 0.5) is 11.6 Å². The lowest BCUT2D eigenvalue weighted by atomic mass is 10.1. The Labute approximate surface area is 145 Å². The summed E-state index contributed by atoms with van der Waals surface area (Å²) in [5, 5.41) is 3.22. The molecule has 25 heavy (non-hydrogen) atoms.